The highest BCUT2D eigenvalue weighted by Gasteiger charge is 2.34. The fourth-order valence-electron chi connectivity index (χ4n) is 3.63. The molecule has 1 fully saturated rings. The number of carbonyl (C=O) groups is 2. The lowest BCUT2D eigenvalue weighted by atomic mass is 10.1. The Labute approximate surface area is 193 Å². The van der Waals surface area contributed by atoms with E-state index in [1.807, 2.05) is 30.3 Å². The summed E-state index contributed by atoms with van der Waals surface area (Å²) in [6.45, 7) is 2.07. The summed E-state index contributed by atoms with van der Waals surface area (Å²) in [6.07, 6.45) is -3.55. The molecule has 33 heavy (non-hydrogen) atoms. The standard InChI is InChI=1S/C25H21F3N2O2S/c1-2-16-6-12-21(13-7-16)30-22(31)15-33-24(30)18-4-3-5-20(14-18)29-23(32)17-8-10-19(11-9-17)25(26,27)28/h3-14,24H,2,15H2,1H3,(H,29,32). The van der Waals surface area contributed by atoms with Crippen LogP contribution in [0.15, 0.2) is 72.8 Å². The van der Waals surface area contributed by atoms with Crippen LogP contribution in [0.5, 0.6) is 0 Å². The van der Waals surface area contributed by atoms with Crippen LogP contribution in [-0.2, 0) is 17.4 Å². The largest absolute Gasteiger partial charge is 0.416 e. The van der Waals surface area contributed by atoms with Gasteiger partial charge < -0.3 is 5.32 Å². The van der Waals surface area contributed by atoms with Crippen LogP contribution in [0.2, 0.25) is 0 Å². The summed E-state index contributed by atoms with van der Waals surface area (Å²) in [5.74, 6) is -0.154. The molecule has 2 amide bonds. The van der Waals surface area contributed by atoms with Crippen molar-refractivity contribution in [2.24, 2.45) is 0 Å². The van der Waals surface area contributed by atoms with Gasteiger partial charge in [-0.1, -0.05) is 31.2 Å². The topological polar surface area (TPSA) is 49.4 Å². The Balaban J connectivity index is 1.53. The summed E-state index contributed by atoms with van der Waals surface area (Å²) in [5, 5.41) is 2.49. The van der Waals surface area contributed by atoms with Crippen molar-refractivity contribution in [3.8, 4) is 0 Å². The maximum absolute atomic E-state index is 12.7. The second kappa shape index (κ2) is 9.31. The number of amides is 2. The second-order valence-corrected chi connectivity index (χ2v) is 8.67. The Morgan fingerprint density at radius 1 is 1.06 bits per heavy atom. The maximum Gasteiger partial charge on any atom is 0.416 e. The lowest BCUT2D eigenvalue weighted by molar-refractivity contribution is -0.137. The number of benzene rings is 3. The summed E-state index contributed by atoms with van der Waals surface area (Å²) in [4.78, 5) is 26.9. The van der Waals surface area contributed by atoms with Crippen molar-refractivity contribution in [3.05, 3.63) is 95.1 Å². The van der Waals surface area contributed by atoms with Crippen molar-refractivity contribution < 1.29 is 22.8 Å². The third kappa shape index (κ3) is 5.06. The zero-order valence-corrected chi connectivity index (χ0v) is 18.5. The van der Waals surface area contributed by atoms with Gasteiger partial charge in [-0.15, -0.1) is 11.8 Å². The molecule has 170 valence electrons. The lowest BCUT2D eigenvalue weighted by Crippen LogP contribution is -2.27. The number of alkyl halides is 3. The van der Waals surface area contributed by atoms with Crippen LogP contribution < -0.4 is 10.2 Å². The first kappa shape index (κ1) is 22.9. The van der Waals surface area contributed by atoms with E-state index in [-0.39, 0.29) is 16.8 Å². The first-order chi connectivity index (χ1) is 15.8. The van der Waals surface area contributed by atoms with Gasteiger partial charge in [0.05, 0.1) is 11.3 Å². The molecule has 0 bridgehead atoms. The fraction of sp³-hybridized carbons (Fsp3) is 0.200. The number of rotatable bonds is 5. The zero-order valence-electron chi connectivity index (χ0n) is 17.7. The van der Waals surface area contributed by atoms with Crippen molar-refractivity contribution in [1.29, 1.82) is 0 Å². The van der Waals surface area contributed by atoms with Crippen molar-refractivity contribution in [1.82, 2.24) is 0 Å². The minimum absolute atomic E-state index is 0.00782. The fourth-order valence-corrected chi connectivity index (χ4v) is 4.79. The van der Waals surface area contributed by atoms with Gasteiger partial charge in [0.1, 0.15) is 5.37 Å². The number of nitrogens with zero attached hydrogens (tertiary/aromatic N) is 1. The third-order valence-electron chi connectivity index (χ3n) is 5.39. The second-order valence-electron chi connectivity index (χ2n) is 7.60. The SMILES string of the molecule is CCc1ccc(N2C(=O)CSC2c2cccc(NC(=O)c3ccc(C(F)(F)F)cc3)c2)cc1. The summed E-state index contributed by atoms with van der Waals surface area (Å²) < 4.78 is 38.2. The van der Waals surface area contributed by atoms with E-state index in [9.17, 15) is 22.8 Å². The molecule has 1 unspecified atom stereocenters. The van der Waals surface area contributed by atoms with Crippen LogP contribution in [0, 0.1) is 0 Å². The van der Waals surface area contributed by atoms with Gasteiger partial charge in [0.25, 0.3) is 5.91 Å². The molecule has 0 aromatic heterocycles. The molecule has 3 aromatic rings. The molecule has 3 aromatic carbocycles. The van der Waals surface area contributed by atoms with E-state index in [0.29, 0.717) is 11.4 Å². The molecule has 4 rings (SSSR count). The molecule has 1 heterocycles. The van der Waals surface area contributed by atoms with E-state index in [1.54, 1.807) is 23.1 Å². The number of thioether (sulfide) groups is 1. The van der Waals surface area contributed by atoms with Crippen molar-refractivity contribution in [2.75, 3.05) is 16.0 Å². The van der Waals surface area contributed by atoms with Crippen LogP contribution in [-0.4, -0.2) is 17.6 Å². The number of aryl methyl sites for hydroxylation is 1. The number of anilines is 2. The van der Waals surface area contributed by atoms with E-state index < -0.39 is 17.6 Å². The predicted molar refractivity (Wildman–Crippen MR) is 124 cm³/mol. The average molecular weight is 471 g/mol. The van der Waals surface area contributed by atoms with Crippen LogP contribution in [0.1, 0.15) is 39.3 Å². The Morgan fingerprint density at radius 3 is 2.39 bits per heavy atom. The maximum atomic E-state index is 12.7. The molecule has 0 radical (unpaired) electrons. The Hall–Kier alpha value is -3.26. The molecule has 1 N–H and O–H groups in total. The molecular formula is C25H21F3N2O2S. The van der Waals surface area contributed by atoms with E-state index >= 15 is 0 Å². The van der Waals surface area contributed by atoms with Gasteiger partial charge in [0.2, 0.25) is 5.91 Å². The molecule has 0 aliphatic carbocycles. The molecule has 1 atom stereocenters. The van der Waals surface area contributed by atoms with Crippen LogP contribution in [0.4, 0.5) is 24.5 Å². The van der Waals surface area contributed by atoms with Gasteiger partial charge in [-0.05, 0) is 66.1 Å². The predicted octanol–water partition coefficient (Wildman–Crippen LogP) is 6.30. The first-order valence-electron chi connectivity index (χ1n) is 10.4. The number of halogens is 3. The van der Waals surface area contributed by atoms with E-state index in [2.05, 4.69) is 12.2 Å². The monoisotopic (exact) mass is 470 g/mol. The van der Waals surface area contributed by atoms with Crippen LogP contribution in [0.25, 0.3) is 0 Å². The van der Waals surface area contributed by atoms with Gasteiger partial charge in [0, 0.05) is 16.9 Å². The average Bonchev–Trinajstić information content (AvgIpc) is 3.20. The quantitative estimate of drug-likeness (QED) is 0.476. The van der Waals surface area contributed by atoms with Gasteiger partial charge >= 0.3 is 6.18 Å². The highest BCUT2D eigenvalue weighted by atomic mass is 32.2. The normalized spacial score (nSPS) is 16.2. The number of hydrogen-bond acceptors (Lipinski definition) is 3. The molecule has 8 heteroatoms. The summed E-state index contributed by atoms with van der Waals surface area (Å²) in [6, 6.07) is 19.1. The summed E-state index contributed by atoms with van der Waals surface area (Å²) in [7, 11) is 0. The molecule has 0 saturated carbocycles. The lowest BCUT2D eigenvalue weighted by Gasteiger charge is -2.25. The molecule has 1 aliphatic heterocycles. The molecular weight excluding hydrogens is 449 g/mol. The van der Waals surface area contributed by atoms with Crippen LogP contribution in [0.3, 0.4) is 0 Å². The van der Waals surface area contributed by atoms with Crippen molar-refractivity contribution in [2.45, 2.75) is 24.9 Å². The Kier molecular flexibility index (Phi) is 6.47. The molecule has 1 saturated heterocycles. The molecule has 4 nitrogen and oxygen atoms in total. The van der Waals surface area contributed by atoms with Gasteiger partial charge in [-0.2, -0.15) is 13.2 Å². The minimum atomic E-state index is -4.46. The van der Waals surface area contributed by atoms with Crippen molar-refractivity contribution in [3.63, 3.8) is 0 Å². The summed E-state index contributed by atoms with van der Waals surface area (Å²) in [5.41, 5.74) is 2.65. The Morgan fingerprint density at radius 2 is 1.76 bits per heavy atom. The number of nitrogens with one attached hydrogen (secondary N) is 1. The molecule has 1 aliphatic rings. The third-order valence-corrected chi connectivity index (χ3v) is 6.61. The van der Waals surface area contributed by atoms with E-state index in [0.717, 1.165) is 41.9 Å². The number of carbonyl (C=O) groups excluding carboxylic acids is 2. The van der Waals surface area contributed by atoms with Gasteiger partial charge in [0.15, 0.2) is 0 Å². The van der Waals surface area contributed by atoms with Crippen molar-refractivity contribution >= 4 is 35.0 Å². The molecule has 0 spiro atoms. The zero-order chi connectivity index (χ0) is 23.6. The first-order valence-corrected chi connectivity index (χ1v) is 11.4. The minimum Gasteiger partial charge on any atom is -0.322 e. The van der Waals surface area contributed by atoms with E-state index in [1.165, 1.54) is 17.3 Å². The number of hydrogen-bond donors (Lipinski definition) is 1. The Bertz CT molecular complexity index is 1160. The highest BCUT2D eigenvalue weighted by Crippen LogP contribution is 2.42. The van der Waals surface area contributed by atoms with Gasteiger partial charge in [-0.3, -0.25) is 14.5 Å². The van der Waals surface area contributed by atoms with Gasteiger partial charge in [-0.25, -0.2) is 0 Å². The summed E-state index contributed by atoms with van der Waals surface area (Å²) >= 11 is 1.50. The van der Waals surface area contributed by atoms with Crippen LogP contribution >= 0.6 is 11.8 Å². The van der Waals surface area contributed by atoms with E-state index in [4.69, 9.17) is 0 Å². The smallest absolute Gasteiger partial charge is 0.322 e. The highest BCUT2D eigenvalue weighted by molar-refractivity contribution is 8.00.